The Kier molecular flexibility index (Phi) is 6.12. The Morgan fingerprint density at radius 1 is 1.00 bits per heavy atom. The van der Waals surface area contributed by atoms with Gasteiger partial charge in [-0.05, 0) is 48.7 Å². The van der Waals surface area contributed by atoms with E-state index in [0.29, 0.717) is 25.3 Å². The van der Waals surface area contributed by atoms with E-state index in [9.17, 15) is 4.79 Å². The molecule has 134 valence electrons. The van der Waals surface area contributed by atoms with Crippen LogP contribution in [-0.2, 0) is 4.74 Å². The molecular formula is C21H20BrNO3. The van der Waals surface area contributed by atoms with Crippen LogP contribution in [-0.4, -0.2) is 25.7 Å². The van der Waals surface area contributed by atoms with E-state index >= 15 is 0 Å². The molecule has 0 spiro atoms. The first-order chi connectivity index (χ1) is 12.7. The Bertz CT molecular complexity index is 893. The summed E-state index contributed by atoms with van der Waals surface area (Å²) in [6, 6.07) is 19.3. The molecule has 0 aliphatic rings. The molecule has 0 aromatic heterocycles. The van der Waals surface area contributed by atoms with Gasteiger partial charge in [0.1, 0.15) is 12.4 Å². The van der Waals surface area contributed by atoms with E-state index in [1.807, 2.05) is 36.4 Å². The number of carbonyl (C=O) groups is 1. The van der Waals surface area contributed by atoms with Crippen LogP contribution in [0.25, 0.3) is 10.8 Å². The second-order valence-electron chi connectivity index (χ2n) is 5.66. The average Bonchev–Trinajstić information content (AvgIpc) is 2.67. The zero-order valence-corrected chi connectivity index (χ0v) is 16.1. The first-order valence-corrected chi connectivity index (χ1v) is 9.29. The van der Waals surface area contributed by atoms with E-state index in [1.165, 1.54) is 0 Å². The Labute approximate surface area is 161 Å². The molecule has 4 nitrogen and oxygen atoms in total. The number of nitrogens with one attached hydrogen (secondary N) is 1. The summed E-state index contributed by atoms with van der Waals surface area (Å²) in [5.74, 6) is 0.563. The minimum atomic E-state index is -0.301. The lowest BCUT2D eigenvalue weighted by Crippen LogP contribution is -2.12. The van der Waals surface area contributed by atoms with Crippen LogP contribution in [0.3, 0.4) is 0 Å². The van der Waals surface area contributed by atoms with Gasteiger partial charge in [-0.15, -0.1) is 0 Å². The summed E-state index contributed by atoms with van der Waals surface area (Å²) in [5, 5.41) is 5.50. The lowest BCUT2D eigenvalue weighted by molar-refractivity contribution is 0.0526. The number of hydrogen-bond donors (Lipinski definition) is 1. The van der Waals surface area contributed by atoms with Crippen molar-refractivity contribution in [3.8, 4) is 5.75 Å². The second kappa shape index (κ2) is 8.72. The van der Waals surface area contributed by atoms with Gasteiger partial charge in [-0.2, -0.15) is 0 Å². The summed E-state index contributed by atoms with van der Waals surface area (Å²) < 4.78 is 12.0. The number of ether oxygens (including phenoxy) is 2. The Morgan fingerprint density at radius 3 is 2.46 bits per heavy atom. The summed E-state index contributed by atoms with van der Waals surface area (Å²) in [7, 11) is 0. The van der Waals surface area contributed by atoms with Crippen LogP contribution in [0, 0.1) is 0 Å². The molecule has 0 aliphatic carbocycles. The summed E-state index contributed by atoms with van der Waals surface area (Å²) in [6.07, 6.45) is 0. The van der Waals surface area contributed by atoms with Crippen molar-refractivity contribution in [3.63, 3.8) is 0 Å². The molecule has 0 radical (unpaired) electrons. The van der Waals surface area contributed by atoms with Crippen LogP contribution in [0.5, 0.6) is 5.75 Å². The Morgan fingerprint density at radius 2 is 1.73 bits per heavy atom. The number of benzene rings is 3. The molecule has 0 unspecified atom stereocenters. The fourth-order valence-corrected chi connectivity index (χ4v) is 3.13. The maximum atomic E-state index is 11.6. The number of esters is 1. The smallest absolute Gasteiger partial charge is 0.338 e. The fourth-order valence-electron chi connectivity index (χ4n) is 2.66. The minimum Gasteiger partial charge on any atom is -0.491 e. The third-order valence-corrected chi connectivity index (χ3v) is 4.61. The first-order valence-electron chi connectivity index (χ1n) is 8.50. The van der Waals surface area contributed by atoms with Gasteiger partial charge in [0.2, 0.25) is 0 Å². The van der Waals surface area contributed by atoms with Crippen LogP contribution >= 0.6 is 15.9 Å². The van der Waals surface area contributed by atoms with Crippen LogP contribution in [0.4, 0.5) is 5.69 Å². The zero-order chi connectivity index (χ0) is 18.4. The van der Waals surface area contributed by atoms with Crippen molar-refractivity contribution in [1.29, 1.82) is 0 Å². The normalized spacial score (nSPS) is 10.5. The molecule has 3 rings (SSSR count). The zero-order valence-electron chi connectivity index (χ0n) is 14.5. The maximum absolute atomic E-state index is 11.6. The summed E-state index contributed by atoms with van der Waals surface area (Å²) in [4.78, 5) is 11.6. The average molecular weight is 414 g/mol. The van der Waals surface area contributed by atoms with Gasteiger partial charge in [0.15, 0.2) is 0 Å². The summed E-state index contributed by atoms with van der Waals surface area (Å²) in [5.41, 5.74) is 1.48. The molecular weight excluding hydrogens is 394 g/mol. The molecule has 0 heterocycles. The third kappa shape index (κ3) is 4.35. The van der Waals surface area contributed by atoms with E-state index in [0.717, 1.165) is 26.7 Å². The van der Waals surface area contributed by atoms with Crippen molar-refractivity contribution in [2.24, 2.45) is 0 Å². The molecule has 0 saturated heterocycles. The van der Waals surface area contributed by atoms with Crippen molar-refractivity contribution < 1.29 is 14.3 Å². The third-order valence-electron chi connectivity index (χ3n) is 3.92. The molecule has 0 amide bonds. The van der Waals surface area contributed by atoms with E-state index in [-0.39, 0.29) is 5.97 Å². The molecule has 0 fully saturated rings. The molecule has 0 saturated carbocycles. The van der Waals surface area contributed by atoms with Gasteiger partial charge in [0, 0.05) is 22.1 Å². The van der Waals surface area contributed by atoms with Gasteiger partial charge >= 0.3 is 5.97 Å². The van der Waals surface area contributed by atoms with Crippen molar-refractivity contribution in [2.45, 2.75) is 6.92 Å². The molecule has 26 heavy (non-hydrogen) atoms. The summed E-state index contributed by atoms with van der Waals surface area (Å²) >= 11 is 3.57. The van der Waals surface area contributed by atoms with Crippen LogP contribution < -0.4 is 10.1 Å². The van der Waals surface area contributed by atoms with Crippen LogP contribution in [0.15, 0.2) is 65.1 Å². The SMILES string of the molecule is CCOC(=O)c1ccc(NCCOc2ccc(Br)c3ccccc23)cc1. The van der Waals surface area contributed by atoms with E-state index < -0.39 is 0 Å². The monoisotopic (exact) mass is 413 g/mol. The molecule has 0 atom stereocenters. The quantitative estimate of drug-likeness (QED) is 0.423. The number of anilines is 1. The maximum Gasteiger partial charge on any atom is 0.338 e. The molecule has 0 aliphatic heterocycles. The number of halogens is 1. The van der Waals surface area contributed by atoms with Gasteiger partial charge < -0.3 is 14.8 Å². The molecule has 1 N–H and O–H groups in total. The molecule has 0 bridgehead atoms. The first kappa shape index (κ1) is 18.3. The van der Waals surface area contributed by atoms with E-state index in [2.05, 4.69) is 33.4 Å². The topological polar surface area (TPSA) is 47.6 Å². The fraction of sp³-hybridized carbons (Fsp3) is 0.190. The largest absolute Gasteiger partial charge is 0.491 e. The van der Waals surface area contributed by atoms with Crippen molar-refractivity contribution in [1.82, 2.24) is 0 Å². The highest BCUT2D eigenvalue weighted by Gasteiger charge is 2.06. The Balaban J connectivity index is 1.55. The van der Waals surface area contributed by atoms with Gasteiger partial charge in [0.25, 0.3) is 0 Å². The molecule has 5 heteroatoms. The lowest BCUT2D eigenvalue weighted by Gasteiger charge is -2.12. The number of rotatable bonds is 7. The highest BCUT2D eigenvalue weighted by Crippen LogP contribution is 2.31. The summed E-state index contributed by atoms with van der Waals surface area (Å²) in [6.45, 7) is 3.36. The van der Waals surface area contributed by atoms with Gasteiger partial charge in [-0.3, -0.25) is 0 Å². The standard InChI is InChI=1S/C21H20BrNO3/c1-2-25-21(24)15-7-9-16(10-8-15)23-13-14-26-20-12-11-19(22)17-5-3-4-6-18(17)20/h3-12,23H,2,13-14H2,1H3. The van der Waals surface area contributed by atoms with Crippen molar-refractivity contribution in [3.05, 3.63) is 70.7 Å². The van der Waals surface area contributed by atoms with Crippen LogP contribution in [0.1, 0.15) is 17.3 Å². The highest BCUT2D eigenvalue weighted by molar-refractivity contribution is 9.10. The van der Waals surface area contributed by atoms with Crippen LogP contribution in [0.2, 0.25) is 0 Å². The predicted octanol–water partition coefficient (Wildman–Crippen LogP) is 5.27. The highest BCUT2D eigenvalue weighted by atomic mass is 79.9. The number of fused-ring (bicyclic) bond motifs is 1. The van der Waals surface area contributed by atoms with Gasteiger partial charge in [-0.1, -0.05) is 40.2 Å². The van der Waals surface area contributed by atoms with Gasteiger partial charge in [-0.25, -0.2) is 4.79 Å². The molecule has 3 aromatic rings. The Hall–Kier alpha value is -2.53. The second-order valence-corrected chi connectivity index (χ2v) is 6.52. The molecule has 3 aromatic carbocycles. The number of carbonyl (C=O) groups excluding carboxylic acids is 1. The predicted molar refractivity (Wildman–Crippen MR) is 108 cm³/mol. The van der Waals surface area contributed by atoms with Crippen molar-refractivity contribution >= 4 is 38.4 Å². The van der Waals surface area contributed by atoms with Gasteiger partial charge in [0.05, 0.1) is 12.2 Å². The number of hydrogen-bond acceptors (Lipinski definition) is 4. The minimum absolute atomic E-state index is 0.301. The van der Waals surface area contributed by atoms with Crippen molar-refractivity contribution in [2.75, 3.05) is 25.1 Å². The van der Waals surface area contributed by atoms with E-state index in [4.69, 9.17) is 9.47 Å². The lowest BCUT2D eigenvalue weighted by atomic mass is 10.1. The van der Waals surface area contributed by atoms with E-state index in [1.54, 1.807) is 19.1 Å².